The standard InChI is InChI=1S/C7H14N2O4/c1-5(2-3-8)7(12)9-13-4-6(10)11/h5H,2-4,8H2,1H3,(H,9,12)(H,10,11). The van der Waals surface area contributed by atoms with Crippen molar-refractivity contribution in [3.8, 4) is 0 Å². The van der Waals surface area contributed by atoms with E-state index in [2.05, 4.69) is 4.84 Å². The number of rotatable bonds is 6. The highest BCUT2D eigenvalue weighted by molar-refractivity contribution is 5.77. The van der Waals surface area contributed by atoms with Crippen LogP contribution in [0.15, 0.2) is 0 Å². The number of hydrogen-bond acceptors (Lipinski definition) is 4. The first-order valence-corrected chi connectivity index (χ1v) is 3.91. The van der Waals surface area contributed by atoms with Gasteiger partial charge in [0.25, 0.3) is 0 Å². The molecule has 13 heavy (non-hydrogen) atoms. The van der Waals surface area contributed by atoms with Crippen molar-refractivity contribution in [1.29, 1.82) is 0 Å². The summed E-state index contributed by atoms with van der Waals surface area (Å²) in [5.74, 6) is -1.75. The average Bonchev–Trinajstić information content (AvgIpc) is 2.04. The molecule has 0 aromatic heterocycles. The molecule has 1 amide bonds. The van der Waals surface area contributed by atoms with Crippen molar-refractivity contribution in [3.63, 3.8) is 0 Å². The van der Waals surface area contributed by atoms with Crippen LogP contribution in [0.4, 0.5) is 0 Å². The van der Waals surface area contributed by atoms with Gasteiger partial charge in [0.2, 0.25) is 5.91 Å². The van der Waals surface area contributed by atoms with Crippen molar-refractivity contribution in [3.05, 3.63) is 0 Å². The van der Waals surface area contributed by atoms with E-state index in [1.807, 2.05) is 5.48 Å². The molecule has 0 aromatic carbocycles. The predicted molar refractivity (Wildman–Crippen MR) is 44.6 cm³/mol. The fourth-order valence-electron chi connectivity index (χ4n) is 0.651. The van der Waals surface area contributed by atoms with Crippen LogP contribution in [0.3, 0.4) is 0 Å². The van der Waals surface area contributed by atoms with Gasteiger partial charge in [-0.3, -0.25) is 9.63 Å². The number of amides is 1. The molecule has 0 saturated heterocycles. The highest BCUT2D eigenvalue weighted by Gasteiger charge is 2.11. The second-order valence-corrected chi connectivity index (χ2v) is 2.63. The first-order chi connectivity index (χ1) is 6.07. The summed E-state index contributed by atoms with van der Waals surface area (Å²) < 4.78 is 0. The van der Waals surface area contributed by atoms with Gasteiger partial charge >= 0.3 is 5.97 Å². The minimum Gasteiger partial charge on any atom is -0.479 e. The minimum absolute atomic E-state index is 0.265. The van der Waals surface area contributed by atoms with E-state index in [0.29, 0.717) is 13.0 Å². The van der Waals surface area contributed by atoms with Crippen LogP contribution in [0.2, 0.25) is 0 Å². The molecule has 76 valence electrons. The summed E-state index contributed by atoms with van der Waals surface area (Å²) in [6.07, 6.45) is 0.544. The monoisotopic (exact) mass is 190 g/mol. The summed E-state index contributed by atoms with van der Waals surface area (Å²) in [5.41, 5.74) is 7.25. The zero-order valence-electron chi connectivity index (χ0n) is 7.45. The van der Waals surface area contributed by atoms with Gasteiger partial charge in [-0.25, -0.2) is 10.3 Å². The van der Waals surface area contributed by atoms with Gasteiger partial charge in [0.1, 0.15) is 0 Å². The molecular formula is C7H14N2O4. The SMILES string of the molecule is CC(CCN)C(=O)NOCC(=O)O. The fraction of sp³-hybridized carbons (Fsp3) is 0.714. The molecule has 0 radical (unpaired) electrons. The molecule has 0 saturated carbocycles. The largest absolute Gasteiger partial charge is 0.479 e. The van der Waals surface area contributed by atoms with Crippen molar-refractivity contribution in [1.82, 2.24) is 5.48 Å². The lowest BCUT2D eigenvalue weighted by Crippen LogP contribution is -2.32. The lowest BCUT2D eigenvalue weighted by molar-refractivity contribution is -0.150. The zero-order valence-corrected chi connectivity index (χ0v) is 7.45. The number of carbonyl (C=O) groups excluding carboxylic acids is 1. The topological polar surface area (TPSA) is 102 Å². The third-order valence-electron chi connectivity index (χ3n) is 1.42. The Hall–Kier alpha value is -1.14. The molecule has 4 N–H and O–H groups in total. The van der Waals surface area contributed by atoms with E-state index in [1.54, 1.807) is 6.92 Å². The van der Waals surface area contributed by atoms with Crippen LogP contribution >= 0.6 is 0 Å². The fourth-order valence-corrected chi connectivity index (χ4v) is 0.651. The Balaban J connectivity index is 3.55. The Bertz CT molecular complexity index is 183. The number of carboxylic acids is 1. The molecule has 0 bridgehead atoms. The molecule has 0 aliphatic heterocycles. The van der Waals surface area contributed by atoms with Crippen LogP contribution < -0.4 is 11.2 Å². The Morgan fingerprint density at radius 3 is 2.69 bits per heavy atom. The van der Waals surface area contributed by atoms with Crippen LogP contribution in [0.25, 0.3) is 0 Å². The summed E-state index contributed by atoms with van der Waals surface area (Å²) in [7, 11) is 0. The van der Waals surface area contributed by atoms with Crippen LogP contribution in [0, 0.1) is 5.92 Å². The van der Waals surface area contributed by atoms with Gasteiger partial charge in [0.15, 0.2) is 6.61 Å². The van der Waals surface area contributed by atoms with Gasteiger partial charge < -0.3 is 10.8 Å². The summed E-state index contributed by atoms with van der Waals surface area (Å²) >= 11 is 0. The minimum atomic E-state index is -1.13. The quantitative estimate of drug-likeness (QED) is 0.471. The van der Waals surface area contributed by atoms with Gasteiger partial charge in [-0.15, -0.1) is 0 Å². The normalized spacial score (nSPS) is 12.2. The highest BCUT2D eigenvalue weighted by Crippen LogP contribution is 1.98. The average molecular weight is 190 g/mol. The van der Waals surface area contributed by atoms with E-state index < -0.39 is 12.6 Å². The summed E-state index contributed by atoms with van der Waals surface area (Å²) in [5, 5.41) is 8.17. The van der Waals surface area contributed by atoms with Crippen molar-refractivity contribution in [2.24, 2.45) is 11.7 Å². The Morgan fingerprint density at radius 1 is 1.62 bits per heavy atom. The van der Waals surface area contributed by atoms with Crippen LogP contribution in [-0.2, 0) is 14.4 Å². The maximum absolute atomic E-state index is 11.0. The molecule has 0 aromatic rings. The number of hydroxylamine groups is 1. The number of aliphatic carboxylic acids is 1. The first kappa shape index (κ1) is 11.9. The second kappa shape index (κ2) is 6.38. The van der Waals surface area contributed by atoms with Crippen LogP contribution in [-0.4, -0.2) is 30.1 Å². The van der Waals surface area contributed by atoms with E-state index >= 15 is 0 Å². The second-order valence-electron chi connectivity index (χ2n) is 2.63. The third-order valence-corrected chi connectivity index (χ3v) is 1.42. The van der Waals surface area contributed by atoms with Gasteiger partial charge in [0.05, 0.1) is 0 Å². The summed E-state index contributed by atoms with van der Waals surface area (Å²) in [4.78, 5) is 25.4. The van der Waals surface area contributed by atoms with E-state index in [0.717, 1.165) is 0 Å². The van der Waals surface area contributed by atoms with E-state index in [4.69, 9.17) is 10.8 Å². The molecule has 1 atom stereocenters. The first-order valence-electron chi connectivity index (χ1n) is 3.91. The van der Waals surface area contributed by atoms with Crippen LogP contribution in [0.1, 0.15) is 13.3 Å². The van der Waals surface area contributed by atoms with Crippen molar-refractivity contribution in [2.75, 3.05) is 13.2 Å². The molecule has 0 aliphatic carbocycles. The number of carbonyl (C=O) groups is 2. The van der Waals surface area contributed by atoms with Crippen molar-refractivity contribution in [2.45, 2.75) is 13.3 Å². The number of hydrogen-bond donors (Lipinski definition) is 3. The van der Waals surface area contributed by atoms with Crippen molar-refractivity contribution < 1.29 is 19.5 Å². The summed E-state index contributed by atoms with van der Waals surface area (Å²) in [6, 6.07) is 0. The molecule has 6 heteroatoms. The third kappa shape index (κ3) is 6.06. The van der Waals surface area contributed by atoms with Gasteiger partial charge in [0, 0.05) is 5.92 Å². The lowest BCUT2D eigenvalue weighted by atomic mass is 10.1. The van der Waals surface area contributed by atoms with Crippen molar-refractivity contribution >= 4 is 11.9 Å². The molecule has 6 nitrogen and oxygen atoms in total. The smallest absolute Gasteiger partial charge is 0.332 e. The maximum Gasteiger partial charge on any atom is 0.332 e. The molecule has 0 fully saturated rings. The highest BCUT2D eigenvalue weighted by atomic mass is 16.7. The van der Waals surface area contributed by atoms with Gasteiger partial charge in [-0.1, -0.05) is 6.92 Å². The number of carboxylic acid groups (broad SMARTS) is 1. The molecule has 1 unspecified atom stereocenters. The molecular weight excluding hydrogens is 176 g/mol. The van der Waals surface area contributed by atoms with E-state index in [-0.39, 0.29) is 11.8 Å². The Morgan fingerprint density at radius 2 is 2.23 bits per heavy atom. The Kier molecular flexibility index (Phi) is 5.82. The number of nitrogens with two attached hydrogens (primary N) is 1. The van der Waals surface area contributed by atoms with Gasteiger partial charge in [-0.2, -0.15) is 0 Å². The predicted octanol–water partition coefficient (Wildman–Crippen LogP) is -0.896. The maximum atomic E-state index is 11.0. The van der Waals surface area contributed by atoms with Crippen LogP contribution in [0.5, 0.6) is 0 Å². The van der Waals surface area contributed by atoms with Gasteiger partial charge in [-0.05, 0) is 13.0 Å². The molecule has 0 aliphatic rings. The molecule has 0 spiro atoms. The molecule has 0 rings (SSSR count). The van der Waals surface area contributed by atoms with E-state index in [1.165, 1.54) is 0 Å². The Labute approximate surface area is 76.0 Å². The molecule has 0 heterocycles. The zero-order chi connectivity index (χ0) is 10.3. The lowest BCUT2D eigenvalue weighted by Gasteiger charge is -2.09. The number of nitrogens with one attached hydrogen (secondary N) is 1. The van der Waals surface area contributed by atoms with E-state index in [9.17, 15) is 9.59 Å². The summed E-state index contributed by atoms with van der Waals surface area (Å²) in [6.45, 7) is 1.56.